The quantitative estimate of drug-likeness (QED) is 0.587. The Morgan fingerprint density at radius 1 is 0.966 bits per heavy atom. The lowest BCUT2D eigenvalue weighted by Crippen LogP contribution is -2.13. The Kier molecular flexibility index (Phi) is 5.73. The Hall–Kier alpha value is -3.14. The van der Waals surface area contributed by atoms with Gasteiger partial charge in [0.15, 0.2) is 21.5 Å². The van der Waals surface area contributed by atoms with Crippen molar-refractivity contribution in [2.75, 3.05) is 16.9 Å². The van der Waals surface area contributed by atoms with Gasteiger partial charge in [-0.25, -0.2) is 27.8 Å². The molecule has 0 aliphatic carbocycles. The molecule has 0 bridgehead atoms. The first-order chi connectivity index (χ1) is 13.6. The van der Waals surface area contributed by atoms with Crippen LogP contribution in [-0.2, 0) is 9.84 Å². The minimum atomic E-state index is -3.39. The average molecular weight is 419 g/mol. The summed E-state index contributed by atoms with van der Waals surface area (Å²) in [6.07, 6.45) is 1.11. The third-order valence-electron chi connectivity index (χ3n) is 3.72. The van der Waals surface area contributed by atoms with Crippen molar-refractivity contribution in [2.45, 2.75) is 24.8 Å². The van der Waals surface area contributed by atoms with Gasteiger partial charge < -0.3 is 10.6 Å². The summed E-state index contributed by atoms with van der Waals surface area (Å²) in [6.45, 7) is 3.79. The summed E-state index contributed by atoms with van der Waals surface area (Å²) in [4.78, 5) is 12.1. The zero-order valence-electron chi connectivity index (χ0n) is 15.9. The van der Waals surface area contributed by atoms with E-state index in [1.54, 1.807) is 18.2 Å². The number of aromatic nitrogens is 3. The lowest BCUT2D eigenvalue weighted by atomic mass is 10.3. The van der Waals surface area contributed by atoms with Crippen molar-refractivity contribution in [3.63, 3.8) is 0 Å². The van der Waals surface area contributed by atoms with Crippen molar-refractivity contribution in [3.8, 4) is 11.5 Å². The molecule has 7 nitrogen and oxygen atoms in total. The number of anilines is 3. The zero-order chi connectivity index (χ0) is 21.2. The molecule has 2 heterocycles. The Balaban J connectivity index is 2.06. The van der Waals surface area contributed by atoms with Crippen LogP contribution in [0.1, 0.15) is 13.8 Å². The average Bonchev–Trinajstić information content (AvgIpc) is 2.62. The van der Waals surface area contributed by atoms with E-state index in [0.717, 1.165) is 18.4 Å². The SMILES string of the molecule is CC(C)Nc1cc(Nc2cccc(S(C)(=O)=O)c2)nc(-c2nc(F)ccc2F)n1. The molecule has 0 unspecified atom stereocenters. The summed E-state index contributed by atoms with van der Waals surface area (Å²) in [5.74, 6) is -1.11. The second-order valence-corrected chi connectivity index (χ2v) is 8.67. The number of nitrogens with one attached hydrogen (secondary N) is 2. The van der Waals surface area contributed by atoms with E-state index in [2.05, 4.69) is 25.6 Å². The molecule has 2 N–H and O–H groups in total. The van der Waals surface area contributed by atoms with Gasteiger partial charge in [-0.15, -0.1) is 0 Å². The number of pyridine rings is 1. The van der Waals surface area contributed by atoms with Gasteiger partial charge in [-0.1, -0.05) is 6.07 Å². The summed E-state index contributed by atoms with van der Waals surface area (Å²) in [6, 6.07) is 9.63. The molecule has 3 aromatic rings. The molecule has 2 aromatic heterocycles. The molecule has 0 fully saturated rings. The highest BCUT2D eigenvalue weighted by atomic mass is 32.2. The maximum Gasteiger partial charge on any atom is 0.213 e. The number of halogens is 2. The Labute approximate surface area is 167 Å². The Morgan fingerprint density at radius 3 is 2.38 bits per heavy atom. The first kappa shape index (κ1) is 20.6. The van der Waals surface area contributed by atoms with E-state index < -0.39 is 21.6 Å². The molecule has 0 radical (unpaired) electrons. The van der Waals surface area contributed by atoms with Crippen molar-refractivity contribution >= 4 is 27.2 Å². The molecule has 3 rings (SSSR count). The predicted molar refractivity (Wildman–Crippen MR) is 107 cm³/mol. The smallest absolute Gasteiger partial charge is 0.213 e. The minimum absolute atomic E-state index is 0.0180. The zero-order valence-corrected chi connectivity index (χ0v) is 16.8. The number of sulfone groups is 1. The molecule has 0 amide bonds. The van der Waals surface area contributed by atoms with Crippen LogP contribution in [0.4, 0.5) is 26.1 Å². The van der Waals surface area contributed by atoms with E-state index in [4.69, 9.17) is 0 Å². The lowest BCUT2D eigenvalue weighted by molar-refractivity contribution is 0.562. The van der Waals surface area contributed by atoms with Gasteiger partial charge in [-0.3, -0.25) is 0 Å². The molecule has 10 heteroatoms. The summed E-state index contributed by atoms with van der Waals surface area (Å²) in [5.41, 5.74) is 0.131. The number of hydrogen-bond acceptors (Lipinski definition) is 7. The van der Waals surface area contributed by atoms with Crippen molar-refractivity contribution in [2.24, 2.45) is 0 Å². The number of benzene rings is 1. The van der Waals surface area contributed by atoms with E-state index >= 15 is 0 Å². The summed E-state index contributed by atoms with van der Waals surface area (Å²) < 4.78 is 51.2. The van der Waals surface area contributed by atoms with Crippen LogP contribution in [0.5, 0.6) is 0 Å². The van der Waals surface area contributed by atoms with Crippen LogP contribution in [-0.4, -0.2) is 35.7 Å². The van der Waals surface area contributed by atoms with Gasteiger partial charge in [-0.2, -0.15) is 4.39 Å². The Morgan fingerprint density at radius 2 is 1.69 bits per heavy atom. The molecule has 0 atom stereocenters. The number of nitrogens with zero attached hydrogens (tertiary/aromatic N) is 3. The normalized spacial score (nSPS) is 11.5. The summed E-state index contributed by atoms with van der Waals surface area (Å²) in [5, 5.41) is 6.05. The molecule has 0 aliphatic rings. The van der Waals surface area contributed by atoms with Crippen LogP contribution < -0.4 is 10.6 Å². The van der Waals surface area contributed by atoms with Gasteiger partial charge in [0.05, 0.1) is 4.90 Å². The number of rotatable bonds is 6. The van der Waals surface area contributed by atoms with E-state index in [1.165, 1.54) is 12.1 Å². The van der Waals surface area contributed by atoms with Crippen LogP contribution in [0.15, 0.2) is 47.4 Å². The molecule has 29 heavy (non-hydrogen) atoms. The first-order valence-electron chi connectivity index (χ1n) is 8.67. The fourth-order valence-electron chi connectivity index (χ4n) is 2.51. The molecule has 1 aromatic carbocycles. The Bertz CT molecular complexity index is 1150. The van der Waals surface area contributed by atoms with Gasteiger partial charge in [0, 0.05) is 24.1 Å². The molecular weight excluding hydrogens is 400 g/mol. The fraction of sp³-hybridized carbons (Fsp3) is 0.211. The first-order valence-corrected chi connectivity index (χ1v) is 10.6. The van der Waals surface area contributed by atoms with Crippen molar-refractivity contribution in [1.29, 1.82) is 0 Å². The molecule has 152 valence electrons. The third kappa shape index (κ3) is 5.23. The van der Waals surface area contributed by atoms with E-state index in [-0.39, 0.29) is 28.3 Å². The van der Waals surface area contributed by atoms with E-state index in [9.17, 15) is 17.2 Å². The highest BCUT2D eigenvalue weighted by Crippen LogP contribution is 2.25. The minimum Gasteiger partial charge on any atom is -0.368 e. The molecular formula is C19H19F2N5O2S. The van der Waals surface area contributed by atoms with E-state index in [1.807, 2.05) is 13.8 Å². The second-order valence-electron chi connectivity index (χ2n) is 6.65. The van der Waals surface area contributed by atoms with Crippen LogP contribution in [0, 0.1) is 11.8 Å². The summed E-state index contributed by atoms with van der Waals surface area (Å²) in [7, 11) is -3.39. The maximum atomic E-state index is 14.2. The highest BCUT2D eigenvalue weighted by molar-refractivity contribution is 7.90. The van der Waals surface area contributed by atoms with Gasteiger partial charge in [0.25, 0.3) is 0 Å². The maximum absolute atomic E-state index is 14.2. The standard InChI is InChI=1S/C19H19F2N5O2S/c1-11(2)22-16-10-17(23-12-5-4-6-13(9-12)29(3,27)28)26-19(25-16)18-14(20)7-8-15(21)24-18/h4-11H,1-3H3,(H2,22,23,25,26). The monoisotopic (exact) mass is 419 g/mol. The van der Waals surface area contributed by atoms with Gasteiger partial charge >= 0.3 is 0 Å². The molecule has 0 spiro atoms. The highest BCUT2D eigenvalue weighted by Gasteiger charge is 2.15. The van der Waals surface area contributed by atoms with Crippen LogP contribution in [0.3, 0.4) is 0 Å². The molecule has 0 saturated heterocycles. The summed E-state index contributed by atoms with van der Waals surface area (Å²) >= 11 is 0. The predicted octanol–water partition coefficient (Wildman–Crippen LogP) is 3.78. The van der Waals surface area contributed by atoms with E-state index in [0.29, 0.717) is 11.5 Å². The second kappa shape index (κ2) is 8.08. The molecule has 0 aliphatic heterocycles. The topological polar surface area (TPSA) is 96.9 Å². The lowest BCUT2D eigenvalue weighted by Gasteiger charge is -2.14. The van der Waals surface area contributed by atoms with Gasteiger partial charge in [0.2, 0.25) is 5.95 Å². The molecule has 0 saturated carbocycles. The van der Waals surface area contributed by atoms with Gasteiger partial charge in [-0.05, 0) is 44.2 Å². The third-order valence-corrected chi connectivity index (χ3v) is 4.83. The largest absolute Gasteiger partial charge is 0.368 e. The fourth-order valence-corrected chi connectivity index (χ4v) is 3.18. The van der Waals surface area contributed by atoms with Crippen LogP contribution >= 0.6 is 0 Å². The van der Waals surface area contributed by atoms with Crippen molar-refractivity contribution in [3.05, 3.63) is 54.2 Å². The van der Waals surface area contributed by atoms with Gasteiger partial charge in [0.1, 0.15) is 17.3 Å². The van der Waals surface area contributed by atoms with Crippen LogP contribution in [0.25, 0.3) is 11.5 Å². The van der Waals surface area contributed by atoms with Crippen molar-refractivity contribution in [1.82, 2.24) is 15.0 Å². The number of hydrogen-bond donors (Lipinski definition) is 2. The van der Waals surface area contributed by atoms with Crippen molar-refractivity contribution < 1.29 is 17.2 Å². The van der Waals surface area contributed by atoms with Crippen LogP contribution in [0.2, 0.25) is 0 Å².